The van der Waals surface area contributed by atoms with Crippen molar-refractivity contribution in [1.82, 2.24) is 15.1 Å². The molecule has 1 saturated carbocycles. The molecule has 162 valence electrons. The zero-order chi connectivity index (χ0) is 21.4. The third-order valence-corrected chi connectivity index (χ3v) is 7.08. The van der Waals surface area contributed by atoms with Crippen LogP contribution in [-0.2, 0) is 4.74 Å². The number of ether oxygens (including phenoxy) is 1. The maximum atomic E-state index is 13.7. The molecule has 2 aliphatic heterocycles. The first kappa shape index (κ1) is 20.3. The van der Waals surface area contributed by atoms with E-state index in [4.69, 9.17) is 11.3 Å². The van der Waals surface area contributed by atoms with Crippen molar-refractivity contribution in [3.8, 4) is 11.3 Å². The van der Waals surface area contributed by atoms with Crippen LogP contribution in [0.5, 0.6) is 0 Å². The fourth-order valence-electron chi connectivity index (χ4n) is 5.52. The van der Waals surface area contributed by atoms with Crippen LogP contribution >= 0.6 is 0 Å². The lowest BCUT2D eigenvalue weighted by Crippen LogP contribution is -2.30. The van der Waals surface area contributed by atoms with E-state index < -0.39 is 0 Å². The van der Waals surface area contributed by atoms with E-state index in [1.807, 2.05) is 6.92 Å². The molecule has 0 spiro atoms. The number of fused-ring (bicyclic) bond motifs is 1. The molecule has 1 aromatic heterocycles. The second-order valence-electron chi connectivity index (χ2n) is 9.32. The fraction of sp³-hybridized carbons (Fsp3) is 0.542. The Morgan fingerprint density at radius 3 is 2.74 bits per heavy atom. The van der Waals surface area contributed by atoms with Crippen LogP contribution in [0.15, 0.2) is 24.3 Å². The number of aryl methyl sites for hydroxylation is 1. The maximum absolute atomic E-state index is 13.7. The van der Waals surface area contributed by atoms with Gasteiger partial charge in [-0.25, -0.2) is 9.24 Å². The zero-order valence-electron chi connectivity index (χ0n) is 17.9. The number of hydrogen-bond donors (Lipinski definition) is 1. The van der Waals surface area contributed by atoms with Crippen molar-refractivity contribution in [2.75, 3.05) is 38.2 Å². The lowest BCUT2D eigenvalue weighted by Gasteiger charge is -2.22. The topological polar surface area (TPSA) is 54.6 Å². The average Bonchev–Trinajstić information content (AvgIpc) is 3.48. The average molecular weight is 422 g/mol. The Labute approximate surface area is 182 Å². The summed E-state index contributed by atoms with van der Waals surface area (Å²) in [6, 6.07) is 6.63. The van der Waals surface area contributed by atoms with Crippen molar-refractivity contribution in [2.45, 2.75) is 32.2 Å². The van der Waals surface area contributed by atoms with E-state index in [2.05, 4.69) is 25.3 Å². The van der Waals surface area contributed by atoms with Crippen molar-refractivity contribution in [3.63, 3.8) is 0 Å². The van der Waals surface area contributed by atoms with Gasteiger partial charge >= 0.3 is 0 Å². The Kier molecular flexibility index (Phi) is 5.59. The van der Waals surface area contributed by atoms with Crippen LogP contribution in [0.4, 0.5) is 15.9 Å². The van der Waals surface area contributed by atoms with Gasteiger partial charge in [-0.15, -0.1) is 5.10 Å². The minimum Gasteiger partial charge on any atom is -0.381 e. The van der Waals surface area contributed by atoms with E-state index in [1.165, 1.54) is 38.2 Å². The van der Waals surface area contributed by atoms with Crippen LogP contribution < -0.4 is 5.32 Å². The molecule has 1 N–H and O–H groups in total. The largest absolute Gasteiger partial charge is 0.381 e. The quantitative estimate of drug-likeness (QED) is 0.730. The Bertz CT molecular complexity index is 986. The minimum atomic E-state index is -0.319. The molecule has 31 heavy (non-hydrogen) atoms. The second kappa shape index (κ2) is 8.52. The van der Waals surface area contributed by atoms with Gasteiger partial charge in [0.1, 0.15) is 5.82 Å². The second-order valence-corrected chi connectivity index (χ2v) is 9.32. The number of likely N-dealkylation sites (tertiary alicyclic amines) is 1. The highest BCUT2D eigenvalue weighted by atomic mass is 19.1. The van der Waals surface area contributed by atoms with Crippen LogP contribution in [0.25, 0.3) is 16.1 Å². The summed E-state index contributed by atoms with van der Waals surface area (Å²) in [6.45, 7) is 14.8. The molecule has 2 saturated heterocycles. The van der Waals surface area contributed by atoms with Crippen LogP contribution in [-0.4, -0.2) is 54.0 Å². The summed E-state index contributed by atoms with van der Waals surface area (Å²) in [5, 5.41) is 12.1. The first-order valence-corrected chi connectivity index (χ1v) is 11.2. The molecule has 5 rings (SSSR count). The predicted molar refractivity (Wildman–Crippen MR) is 117 cm³/mol. The van der Waals surface area contributed by atoms with Crippen molar-refractivity contribution >= 4 is 11.5 Å². The highest BCUT2D eigenvalue weighted by molar-refractivity contribution is 5.73. The molecular formula is C24H28FN5O. The fourth-order valence-corrected chi connectivity index (χ4v) is 5.52. The third kappa shape index (κ3) is 4.28. The number of halogens is 1. The molecule has 7 heteroatoms. The Hall–Kier alpha value is -2.56. The Morgan fingerprint density at radius 1 is 1.23 bits per heavy atom. The van der Waals surface area contributed by atoms with E-state index in [9.17, 15) is 4.39 Å². The summed E-state index contributed by atoms with van der Waals surface area (Å²) >= 11 is 0. The molecule has 1 unspecified atom stereocenters. The van der Waals surface area contributed by atoms with Gasteiger partial charge in [-0.05, 0) is 67.7 Å². The smallest absolute Gasteiger partial charge is 0.232 e. The van der Waals surface area contributed by atoms with Gasteiger partial charge in [-0.3, -0.25) is 0 Å². The van der Waals surface area contributed by atoms with E-state index >= 15 is 0 Å². The van der Waals surface area contributed by atoms with Crippen LogP contribution in [0.1, 0.15) is 24.8 Å². The van der Waals surface area contributed by atoms with Crippen molar-refractivity contribution in [1.29, 1.82) is 0 Å². The summed E-state index contributed by atoms with van der Waals surface area (Å²) in [4.78, 5) is 6.28. The van der Waals surface area contributed by atoms with Crippen LogP contribution in [0.3, 0.4) is 0 Å². The van der Waals surface area contributed by atoms with Gasteiger partial charge in [0, 0.05) is 37.8 Å². The lowest BCUT2D eigenvalue weighted by molar-refractivity contribution is 0.171. The molecule has 0 radical (unpaired) electrons. The number of aromatic nitrogens is 2. The Balaban J connectivity index is 1.23. The van der Waals surface area contributed by atoms with Gasteiger partial charge in [0.15, 0.2) is 5.82 Å². The molecule has 3 fully saturated rings. The number of nitrogens with zero attached hydrogens (tertiary/aromatic N) is 4. The number of hydrogen-bond acceptors (Lipinski definition) is 5. The van der Waals surface area contributed by atoms with E-state index in [0.29, 0.717) is 46.6 Å². The summed E-state index contributed by atoms with van der Waals surface area (Å²) < 4.78 is 19.2. The van der Waals surface area contributed by atoms with Gasteiger partial charge in [-0.1, -0.05) is 6.07 Å². The summed E-state index contributed by atoms with van der Waals surface area (Å²) in [7, 11) is 0. The molecule has 4 atom stereocenters. The van der Waals surface area contributed by atoms with E-state index in [0.717, 1.165) is 31.6 Å². The number of nitrogens with one attached hydrogen (secondary N) is 1. The number of anilines is 1. The number of benzene rings is 1. The molecule has 0 amide bonds. The van der Waals surface area contributed by atoms with Gasteiger partial charge in [0.2, 0.25) is 5.69 Å². The minimum absolute atomic E-state index is 0.319. The SMILES string of the molecule is [C-]#[N+]c1cc(-c2cc(F)ccc2C)nnc1NC1C[C@@H]2CN(C[C@H]3CCOC3)C[C@@H]2C1. The first-order valence-electron chi connectivity index (χ1n) is 11.2. The van der Waals surface area contributed by atoms with E-state index in [-0.39, 0.29) is 5.82 Å². The summed E-state index contributed by atoms with van der Waals surface area (Å²) in [5.74, 6) is 2.33. The van der Waals surface area contributed by atoms with Gasteiger partial charge in [-0.2, -0.15) is 5.10 Å². The standard InChI is InChI=1S/C24H28FN5O/c1-15-3-4-19(25)9-21(15)22-10-23(26-2)24(29-28-22)27-20-7-17-12-30(13-18(17)8-20)11-16-5-6-31-14-16/h3-4,9-10,16-18,20H,5-8,11-14H2,1H3,(H,27,29)/t16-,17-,18+,20?/m1/s1. The van der Waals surface area contributed by atoms with Crippen molar-refractivity contribution < 1.29 is 9.13 Å². The molecule has 2 aromatic rings. The molecule has 1 aromatic carbocycles. The predicted octanol–water partition coefficient (Wildman–Crippen LogP) is 4.30. The summed E-state index contributed by atoms with van der Waals surface area (Å²) in [5.41, 5.74) is 2.55. The third-order valence-electron chi connectivity index (χ3n) is 7.08. The van der Waals surface area contributed by atoms with Gasteiger partial charge in [0.05, 0.1) is 18.9 Å². The first-order chi connectivity index (χ1) is 15.1. The zero-order valence-corrected chi connectivity index (χ0v) is 17.9. The molecule has 0 bridgehead atoms. The summed E-state index contributed by atoms with van der Waals surface area (Å²) in [6.07, 6.45) is 3.40. The molecule has 3 aliphatic rings. The van der Waals surface area contributed by atoms with Crippen LogP contribution in [0, 0.1) is 37.1 Å². The Morgan fingerprint density at radius 2 is 2.03 bits per heavy atom. The number of rotatable bonds is 5. The van der Waals surface area contributed by atoms with E-state index in [1.54, 1.807) is 12.1 Å². The molecule has 6 nitrogen and oxygen atoms in total. The van der Waals surface area contributed by atoms with Crippen LogP contribution in [0.2, 0.25) is 0 Å². The highest BCUT2D eigenvalue weighted by Crippen LogP contribution is 2.40. The normalized spacial score (nSPS) is 27.9. The lowest BCUT2D eigenvalue weighted by atomic mass is 10.0. The molecule has 1 aliphatic carbocycles. The molecular weight excluding hydrogens is 393 g/mol. The monoisotopic (exact) mass is 421 g/mol. The highest BCUT2D eigenvalue weighted by Gasteiger charge is 2.41. The van der Waals surface area contributed by atoms with Gasteiger partial charge in [0.25, 0.3) is 0 Å². The van der Waals surface area contributed by atoms with Gasteiger partial charge < -0.3 is 15.0 Å². The van der Waals surface area contributed by atoms with Crippen molar-refractivity contribution in [2.24, 2.45) is 17.8 Å². The molecule has 3 heterocycles. The van der Waals surface area contributed by atoms with Crippen molar-refractivity contribution in [3.05, 3.63) is 47.1 Å². The maximum Gasteiger partial charge on any atom is 0.232 e.